The number of rotatable bonds is 12. The highest BCUT2D eigenvalue weighted by Gasteiger charge is 2.40. The molecule has 0 bridgehead atoms. The standard InChI is InChI=1S/2C22H21BrO3/c2*1-2-20(26-22(25)16-11-13-17(23)14-12-16)18-9-6-10-19(18)21(24)15-7-4-3-5-8-15/h2*2-5,7-8,11-14,18-20H,1,6,9-10H2/t2*18-,19-,20+/m10/s1. The summed E-state index contributed by atoms with van der Waals surface area (Å²) in [5.74, 6) is -0.866. The van der Waals surface area contributed by atoms with Crippen LogP contribution in [0.25, 0.3) is 0 Å². The van der Waals surface area contributed by atoms with Gasteiger partial charge in [0.15, 0.2) is 11.6 Å². The van der Waals surface area contributed by atoms with Gasteiger partial charge in [-0.15, -0.1) is 0 Å². The quantitative estimate of drug-likeness (QED) is 0.0803. The predicted molar refractivity (Wildman–Crippen MR) is 210 cm³/mol. The third kappa shape index (κ3) is 9.92. The monoisotopic (exact) mass is 824 g/mol. The molecule has 0 aliphatic heterocycles. The van der Waals surface area contributed by atoms with Gasteiger partial charge in [-0.05, 0) is 74.2 Å². The number of hydrogen-bond donors (Lipinski definition) is 0. The number of ketones is 2. The first-order valence-electron chi connectivity index (χ1n) is 17.6. The fourth-order valence-electron chi connectivity index (χ4n) is 7.22. The van der Waals surface area contributed by atoms with Gasteiger partial charge in [0.25, 0.3) is 0 Å². The molecule has 8 heteroatoms. The number of carbonyl (C=O) groups excluding carboxylic acids is 4. The summed E-state index contributed by atoms with van der Waals surface area (Å²) in [5, 5.41) is 0. The van der Waals surface area contributed by atoms with Crippen LogP contribution in [0.5, 0.6) is 0 Å². The average Bonchev–Trinajstić information content (AvgIpc) is 3.88. The predicted octanol–water partition coefficient (Wildman–Crippen LogP) is 10.9. The van der Waals surface area contributed by atoms with Gasteiger partial charge >= 0.3 is 11.9 Å². The van der Waals surface area contributed by atoms with Crippen LogP contribution in [0, 0.1) is 23.7 Å². The first kappa shape index (κ1) is 38.8. The van der Waals surface area contributed by atoms with Crippen molar-refractivity contribution < 1.29 is 28.7 Å². The largest absolute Gasteiger partial charge is 0.454 e. The molecule has 4 aromatic carbocycles. The van der Waals surface area contributed by atoms with Gasteiger partial charge in [0.1, 0.15) is 12.2 Å². The lowest BCUT2D eigenvalue weighted by molar-refractivity contribution is 0.0218. The van der Waals surface area contributed by atoms with Crippen molar-refractivity contribution in [1.29, 1.82) is 0 Å². The molecule has 0 N–H and O–H groups in total. The van der Waals surface area contributed by atoms with Crippen LogP contribution < -0.4 is 0 Å². The Hall–Kier alpha value is -4.40. The summed E-state index contributed by atoms with van der Waals surface area (Å²) in [7, 11) is 0. The van der Waals surface area contributed by atoms with E-state index in [1.807, 2.05) is 60.7 Å². The third-order valence-electron chi connectivity index (χ3n) is 9.88. The van der Waals surface area contributed by atoms with Gasteiger partial charge in [-0.1, -0.05) is 131 Å². The van der Waals surface area contributed by atoms with Gasteiger partial charge < -0.3 is 9.47 Å². The van der Waals surface area contributed by atoms with Crippen molar-refractivity contribution in [2.24, 2.45) is 23.7 Å². The molecule has 0 spiro atoms. The topological polar surface area (TPSA) is 86.7 Å². The molecule has 0 heterocycles. The number of ether oxygens (including phenoxy) is 2. The van der Waals surface area contributed by atoms with Crippen molar-refractivity contribution in [3.8, 4) is 0 Å². The van der Waals surface area contributed by atoms with Crippen molar-refractivity contribution in [2.45, 2.75) is 50.7 Å². The minimum Gasteiger partial charge on any atom is -0.454 e. The fourth-order valence-corrected chi connectivity index (χ4v) is 7.75. The second-order valence-corrected chi connectivity index (χ2v) is 14.9. The Morgan fingerprint density at radius 2 is 0.865 bits per heavy atom. The summed E-state index contributed by atoms with van der Waals surface area (Å²) in [6, 6.07) is 32.7. The van der Waals surface area contributed by atoms with Crippen LogP contribution in [0.2, 0.25) is 0 Å². The van der Waals surface area contributed by atoms with Gasteiger partial charge in [0, 0.05) is 43.7 Å². The molecule has 0 unspecified atom stereocenters. The van der Waals surface area contributed by atoms with Crippen LogP contribution in [0.1, 0.15) is 80.0 Å². The Balaban J connectivity index is 0.000000201. The summed E-state index contributed by atoms with van der Waals surface area (Å²) < 4.78 is 13.2. The zero-order valence-electron chi connectivity index (χ0n) is 28.9. The number of halogens is 2. The van der Waals surface area contributed by atoms with Crippen molar-refractivity contribution in [1.82, 2.24) is 0 Å². The molecule has 0 amide bonds. The van der Waals surface area contributed by atoms with Crippen LogP contribution in [0.3, 0.4) is 0 Å². The molecule has 0 radical (unpaired) electrons. The highest BCUT2D eigenvalue weighted by atomic mass is 79.9. The smallest absolute Gasteiger partial charge is 0.338 e. The van der Waals surface area contributed by atoms with Gasteiger partial charge in [-0.25, -0.2) is 9.59 Å². The highest BCUT2D eigenvalue weighted by molar-refractivity contribution is 9.10. The van der Waals surface area contributed by atoms with E-state index in [0.29, 0.717) is 22.3 Å². The van der Waals surface area contributed by atoms with E-state index >= 15 is 0 Å². The second kappa shape index (κ2) is 18.9. The van der Waals surface area contributed by atoms with E-state index in [0.717, 1.165) is 47.5 Å². The minimum absolute atomic E-state index is 0.0281. The summed E-state index contributed by atoms with van der Waals surface area (Å²) in [5.41, 5.74) is 2.41. The van der Waals surface area contributed by atoms with E-state index in [-0.39, 0.29) is 47.2 Å². The molecule has 2 saturated carbocycles. The molecule has 2 fully saturated rings. The van der Waals surface area contributed by atoms with E-state index in [9.17, 15) is 19.2 Å². The van der Waals surface area contributed by atoms with E-state index in [2.05, 4.69) is 45.0 Å². The average molecular weight is 827 g/mol. The van der Waals surface area contributed by atoms with Gasteiger partial charge in [0.2, 0.25) is 0 Å². The maximum Gasteiger partial charge on any atom is 0.338 e. The molecule has 6 nitrogen and oxygen atoms in total. The van der Waals surface area contributed by atoms with Crippen LogP contribution in [0.4, 0.5) is 0 Å². The van der Waals surface area contributed by atoms with Crippen molar-refractivity contribution in [3.63, 3.8) is 0 Å². The number of hydrogen-bond acceptors (Lipinski definition) is 6. The Labute approximate surface area is 322 Å². The first-order valence-corrected chi connectivity index (χ1v) is 19.2. The Morgan fingerprint density at radius 3 is 1.19 bits per heavy atom. The van der Waals surface area contributed by atoms with Gasteiger partial charge in [-0.3, -0.25) is 9.59 Å². The maximum atomic E-state index is 12.9. The van der Waals surface area contributed by atoms with Crippen LogP contribution in [-0.4, -0.2) is 35.7 Å². The van der Waals surface area contributed by atoms with Crippen molar-refractivity contribution in [2.75, 3.05) is 0 Å². The number of benzene rings is 4. The molecule has 2 aliphatic rings. The molecule has 0 saturated heterocycles. The van der Waals surface area contributed by atoms with Crippen LogP contribution in [0.15, 0.2) is 143 Å². The molecule has 4 aromatic rings. The lowest BCUT2D eigenvalue weighted by Crippen LogP contribution is -2.31. The SMILES string of the molecule is C=C[C@@H](OC(=O)c1ccc(Br)cc1)[C@H]1CCC[C@@H]1C(=O)c1ccccc1.C=C[C@H](OC(=O)c1ccc(Br)cc1)[C@@H]1CCC[C@H]1C(=O)c1ccccc1. The second-order valence-electron chi connectivity index (χ2n) is 13.1. The Kier molecular flexibility index (Phi) is 14.1. The number of esters is 2. The van der Waals surface area contributed by atoms with Crippen molar-refractivity contribution in [3.05, 3.63) is 166 Å². The molecule has 6 rings (SSSR count). The normalized spacial score (nSPS) is 20.3. The zero-order chi connectivity index (χ0) is 37.0. The van der Waals surface area contributed by atoms with Crippen LogP contribution in [-0.2, 0) is 9.47 Å². The fraction of sp³-hybridized carbons (Fsp3) is 0.273. The van der Waals surface area contributed by atoms with E-state index in [4.69, 9.17) is 9.47 Å². The first-order chi connectivity index (χ1) is 25.2. The number of Topliss-reactive ketones (excluding diaryl/α,β-unsaturated/α-hetero) is 2. The van der Waals surface area contributed by atoms with E-state index < -0.39 is 12.2 Å². The minimum atomic E-state index is -0.466. The third-order valence-corrected chi connectivity index (χ3v) is 10.9. The van der Waals surface area contributed by atoms with Gasteiger partial charge in [0.05, 0.1) is 11.1 Å². The molecular formula is C44H42Br2O6. The van der Waals surface area contributed by atoms with E-state index in [1.54, 1.807) is 60.7 Å². The van der Waals surface area contributed by atoms with Crippen LogP contribution >= 0.6 is 31.9 Å². The molecule has 268 valence electrons. The molecule has 0 aromatic heterocycles. The molecule has 6 atom stereocenters. The van der Waals surface area contributed by atoms with E-state index in [1.165, 1.54) is 0 Å². The maximum absolute atomic E-state index is 12.9. The molecule has 2 aliphatic carbocycles. The van der Waals surface area contributed by atoms with Gasteiger partial charge in [-0.2, -0.15) is 0 Å². The highest BCUT2D eigenvalue weighted by Crippen LogP contribution is 2.39. The molecule has 52 heavy (non-hydrogen) atoms. The zero-order valence-corrected chi connectivity index (χ0v) is 32.0. The summed E-state index contributed by atoms with van der Waals surface area (Å²) in [6.07, 6.45) is 7.62. The van der Waals surface area contributed by atoms with Crippen molar-refractivity contribution >= 4 is 55.4 Å². The summed E-state index contributed by atoms with van der Waals surface area (Å²) in [4.78, 5) is 50.7. The molecular weight excluding hydrogens is 784 g/mol. The Morgan fingerprint density at radius 1 is 0.519 bits per heavy atom. The number of carbonyl (C=O) groups is 4. The summed E-state index contributed by atoms with van der Waals surface area (Å²) >= 11 is 6.71. The lowest BCUT2D eigenvalue weighted by atomic mass is 9.85. The lowest BCUT2D eigenvalue weighted by Gasteiger charge is -2.25. The summed E-state index contributed by atoms with van der Waals surface area (Å²) in [6.45, 7) is 7.67. The Bertz CT molecular complexity index is 1700.